The lowest BCUT2D eigenvalue weighted by Crippen LogP contribution is -2.08. The number of hydrogen-bond donors (Lipinski definition) is 1. The van der Waals surface area contributed by atoms with Crippen molar-refractivity contribution in [3.8, 4) is 23.1 Å². The maximum Gasteiger partial charge on any atom is 0.227 e. The van der Waals surface area contributed by atoms with E-state index in [1.54, 1.807) is 29.3 Å². The Labute approximate surface area is 167 Å². The van der Waals surface area contributed by atoms with Gasteiger partial charge in [-0.25, -0.2) is 19.6 Å². The minimum Gasteiger partial charge on any atom is -0.492 e. The Hall–Kier alpha value is -4.25. The quantitative estimate of drug-likeness (QED) is 0.522. The molecule has 0 spiro atoms. The number of nitrogens with zero attached hydrogens (tertiary/aromatic N) is 6. The molecule has 4 rings (SSSR count). The van der Waals surface area contributed by atoms with Crippen LogP contribution in [0.25, 0.3) is 11.3 Å². The smallest absolute Gasteiger partial charge is 0.227 e. The summed E-state index contributed by atoms with van der Waals surface area (Å²) < 4.78 is 7.42. The highest BCUT2D eigenvalue weighted by atomic mass is 16.5. The molecule has 142 valence electrons. The van der Waals surface area contributed by atoms with Gasteiger partial charge in [-0.05, 0) is 42.5 Å². The Morgan fingerprint density at radius 3 is 2.79 bits per heavy atom. The van der Waals surface area contributed by atoms with Crippen molar-refractivity contribution in [3.05, 3.63) is 79.0 Å². The average Bonchev–Trinajstić information content (AvgIpc) is 3.29. The fraction of sp³-hybridized carbons (Fsp3) is 0.0952. The van der Waals surface area contributed by atoms with Gasteiger partial charge in [0, 0.05) is 17.4 Å². The van der Waals surface area contributed by atoms with Crippen molar-refractivity contribution >= 4 is 11.6 Å². The first-order valence-electron chi connectivity index (χ1n) is 8.96. The standard InChI is InChI=1S/C21H17N7O/c22-13-16-2-1-3-17(12-16)20-8-9-24-21(27-20)26-18-4-6-19(7-5-18)29-11-10-28-15-23-14-25-28/h1-9,12,14-15H,10-11H2,(H,24,26,27). The van der Waals surface area contributed by atoms with Crippen molar-refractivity contribution in [2.24, 2.45) is 0 Å². The lowest BCUT2D eigenvalue weighted by Gasteiger charge is -2.09. The zero-order chi connectivity index (χ0) is 19.9. The SMILES string of the molecule is N#Cc1cccc(-c2ccnc(Nc3ccc(OCCn4cncn4)cc3)n2)c1. The third-order valence-electron chi connectivity index (χ3n) is 4.11. The van der Waals surface area contributed by atoms with Gasteiger partial charge in [0.25, 0.3) is 0 Å². The molecule has 0 aliphatic carbocycles. The van der Waals surface area contributed by atoms with E-state index < -0.39 is 0 Å². The molecule has 0 amide bonds. The van der Waals surface area contributed by atoms with Gasteiger partial charge in [-0.3, -0.25) is 0 Å². The van der Waals surface area contributed by atoms with E-state index in [1.807, 2.05) is 42.5 Å². The lowest BCUT2D eigenvalue weighted by atomic mass is 10.1. The maximum absolute atomic E-state index is 9.07. The van der Waals surface area contributed by atoms with Crippen molar-refractivity contribution in [1.29, 1.82) is 5.26 Å². The summed E-state index contributed by atoms with van der Waals surface area (Å²) in [6, 6.07) is 18.8. The fourth-order valence-electron chi connectivity index (χ4n) is 2.70. The molecule has 0 radical (unpaired) electrons. The Bertz CT molecular complexity index is 1120. The van der Waals surface area contributed by atoms with E-state index in [1.165, 1.54) is 6.33 Å². The van der Waals surface area contributed by atoms with Crippen LogP contribution < -0.4 is 10.1 Å². The lowest BCUT2D eigenvalue weighted by molar-refractivity contribution is 0.291. The second kappa shape index (κ2) is 8.63. The summed E-state index contributed by atoms with van der Waals surface area (Å²) >= 11 is 0. The Kier molecular flexibility index (Phi) is 5.39. The van der Waals surface area contributed by atoms with Crippen LogP contribution in [0.5, 0.6) is 5.75 Å². The van der Waals surface area contributed by atoms with Crippen LogP contribution in [0.4, 0.5) is 11.6 Å². The molecule has 2 heterocycles. The third-order valence-corrected chi connectivity index (χ3v) is 4.11. The van der Waals surface area contributed by atoms with Gasteiger partial charge in [0.2, 0.25) is 5.95 Å². The van der Waals surface area contributed by atoms with E-state index in [4.69, 9.17) is 10.00 Å². The summed E-state index contributed by atoms with van der Waals surface area (Å²) in [5, 5.41) is 16.3. The number of nitriles is 1. The van der Waals surface area contributed by atoms with Crippen LogP contribution in [-0.2, 0) is 6.54 Å². The first kappa shape index (κ1) is 18.1. The number of aromatic nitrogens is 5. The van der Waals surface area contributed by atoms with E-state index in [2.05, 4.69) is 31.4 Å². The first-order chi connectivity index (χ1) is 14.3. The van der Waals surface area contributed by atoms with E-state index >= 15 is 0 Å². The highest BCUT2D eigenvalue weighted by Crippen LogP contribution is 2.22. The number of anilines is 2. The van der Waals surface area contributed by atoms with E-state index in [0.29, 0.717) is 24.7 Å². The maximum atomic E-state index is 9.07. The van der Waals surface area contributed by atoms with Gasteiger partial charge < -0.3 is 10.1 Å². The molecule has 2 aromatic carbocycles. The first-order valence-corrected chi connectivity index (χ1v) is 8.96. The Balaban J connectivity index is 1.39. The fourth-order valence-corrected chi connectivity index (χ4v) is 2.70. The van der Waals surface area contributed by atoms with Crippen molar-refractivity contribution in [2.45, 2.75) is 6.54 Å². The molecule has 2 aromatic heterocycles. The van der Waals surface area contributed by atoms with Crippen LogP contribution in [0, 0.1) is 11.3 Å². The summed E-state index contributed by atoms with van der Waals surface area (Å²) in [6.07, 6.45) is 4.84. The van der Waals surface area contributed by atoms with Gasteiger partial charge in [-0.1, -0.05) is 12.1 Å². The van der Waals surface area contributed by atoms with E-state index in [9.17, 15) is 0 Å². The number of nitrogens with one attached hydrogen (secondary N) is 1. The molecule has 29 heavy (non-hydrogen) atoms. The van der Waals surface area contributed by atoms with Crippen LogP contribution in [0.1, 0.15) is 5.56 Å². The minimum atomic E-state index is 0.477. The molecule has 0 aliphatic rings. The van der Waals surface area contributed by atoms with Crippen molar-refractivity contribution in [3.63, 3.8) is 0 Å². The highest BCUT2D eigenvalue weighted by Gasteiger charge is 2.04. The van der Waals surface area contributed by atoms with Crippen LogP contribution in [0.15, 0.2) is 73.4 Å². The van der Waals surface area contributed by atoms with E-state index in [-0.39, 0.29) is 0 Å². The summed E-state index contributed by atoms with van der Waals surface area (Å²) in [5.41, 5.74) is 3.05. The number of ether oxygens (including phenoxy) is 1. The van der Waals surface area contributed by atoms with Gasteiger partial charge in [0.15, 0.2) is 0 Å². The van der Waals surface area contributed by atoms with E-state index in [0.717, 1.165) is 22.7 Å². The van der Waals surface area contributed by atoms with Gasteiger partial charge in [0.1, 0.15) is 25.0 Å². The van der Waals surface area contributed by atoms with Gasteiger partial charge >= 0.3 is 0 Å². The predicted octanol–water partition coefficient (Wildman–Crippen LogP) is 3.43. The highest BCUT2D eigenvalue weighted by molar-refractivity contribution is 5.63. The van der Waals surface area contributed by atoms with Gasteiger partial charge in [-0.2, -0.15) is 10.4 Å². The topological polar surface area (TPSA) is 102 Å². The van der Waals surface area contributed by atoms with Crippen molar-refractivity contribution < 1.29 is 4.74 Å². The van der Waals surface area contributed by atoms with Gasteiger partial charge in [-0.15, -0.1) is 0 Å². The summed E-state index contributed by atoms with van der Waals surface area (Å²) in [5.74, 6) is 1.24. The average molecular weight is 383 g/mol. The predicted molar refractivity (Wildman–Crippen MR) is 107 cm³/mol. The third kappa shape index (κ3) is 4.73. The number of benzene rings is 2. The van der Waals surface area contributed by atoms with Crippen LogP contribution >= 0.6 is 0 Å². The van der Waals surface area contributed by atoms with Crippen molar-refractivity contribution in [2.75, 3.05) is 11.9 Å². The molecular weight excluding hydrogens is 366 g/mol. The molecule has 0 saturated carbocycles. The molecule has 8 heteroatoms. The Morgan fingerprint density at radius 1 is 1.10 bits per heavy atom. The molecule has 0 bridgehead atoms. The van der Waals surface area contributed by atoms with Crippen LogP contribution in [0.2, 0.25) is 0 Å². The molecule has 0 aliphatic heterocycles. The Morgan fingerprint density at radius 2 is 2.00 bits per heavy atom. The number of rotatable bonds is 7. The second-order valence-corrected chi connectivity index (χ2v) is 6.11. The van der Waals surface area contributed by atoms with Crippen LogP contribution in [-0.4, -0.2) is 31.3 Å². The number of hydrogen-bond acceptors (Lipinski definition) is 7. The van der Waals surface area contributed by atoms with Crippen LogP contribution in [0.3, 0.4) is 0 Å². The molecule has 4 aromatic rings. The molecule has 0 fully saturated rings. The zero-order valence-electron chi connectivity index (χ0n) is 15.4. The summed E-state index contributed by atoms with van der Waals surface area (Å²) in [6.45, 7) is 1.14. The summed E-state index contributed by atoms with van der Waals surface area (Å²) in [7, 11) is 0. The largest absolute Gasteiger partial charge is 0.492 e. The second-order valence-electron chi connectivity index (χ2n) is 6.11. The molecule has 0 unspecified atom stereocenters. The van der Waals surface area contributed by atoms with Crippen molar-refractivity contribution in [1.82, 2.24) is 24.7 Å². The zero-order valence-corrected chi connectivity index (χ0v) is 15.4. The molecule has 0 atom stereocenters. The van der Waals surface area contributed by atoms with Gasteiger partial charge in [0.05, 0.1) is 23.9 Å². The minimum absolute atomic E-state index is 0.477. The molecular formula is C21H17N7O. The monoisotopic (exact) mass is 383 g/mol. The normalized spacial score (nSPS) is 10.3. The molecule has 0 saturated heterocycles. The molecule has 1 N–H and O–H groups in total. The molecule has 8 nitrogen and oxygen atoms in total. The summed E-state index contributed by atoms with van der Waals surface area (Å²) in [4.78, 5) is 12.7.